The summed E-state index contributed by atoms with van der Waals surface area (Å²) in [5.41, 5.74) is 0.423. The minimum absolute atomic E-state index is 0.0841. The highest BCUT2D eigenvalue weighted by Gasteiger charge is 2.16. The third kappa shape index (κ3) is 3.33. The molecule has 1 heterocycles. The maximum atomic E-state index is 11.6. The first kappa shape index (κ1) is 14.2. The Bertz CT molecular complexity index is 451. The van der Waals surface area contributed by atoms with Crippen molar-refractivity contribution < 1.29 is 19.1 Å². The van der Waals surface area contributed by atoms with Gasteiger partial charge in [-0.15, -0.1) is 0 Å². The summed E-state index contributed by atoms with van der Waals surface area (Å²) >= 11 is 6.00. The Kier molecular flexibility index (Phi) is 5.38. The van der Waals surface area contributed by atoms with Crippen LogP contribution in [0.15, 0.2) is 6.07 Å². The molecule has 7 heteroatoms. The lowest BCUT2D eigenvalue weighted by Crippen LogP contribution is -2.15. The summed E-state index contributed by atoms with van der Waals surface area (Å²) in [5.74, 6) is -0.266. The molecular formula is C11H13ClN2O4. The van der Waals surface area contributed by atoms with Crippen molar-refractivity contribution in [2.75, 3.05) is 13.7 Å². The van der Waals surface area contributed by atoms with E-state index in [4.69, 9.17) is 21.1 Å². The van der Waals surface area contributed by atoms with Gasteiger partial charge in [0.05, 0.1) is 26.0 Å². The van der Waals surface area contributed by atoms with Crippen molar-refractivity contribution in [2.45, 2.75) is 13.5 Å². The number of carbonyl (C=O) groups excluding carboxylic acids is 2. The molecular weight excluding hydrogens is 260 g/mol. The molecule has 0 saturated carbocycles. The van der Waals surface area contributed by atoms with Crippen molar-refractivity contribution in [3.8, 4) is 5.75 Å². The Morgan fingerprint density at radius 1 is 1.61 bits per heavy atom. The number of amides is 1. The van der Waals surface area contributed by atoms with Gasteiger partial charge in [-0.3, -0.25) is 4.79 Å². The number of esters is 1. The topological polar surface area (TPSA) is 77.5 Å². The van der Waals surface area contributed by atoms with Crippen molar-refractivity contribution in [1.29, 1.82) is 0 Å². The molecule has 1 amide bonds. The first-order chi connectivity index (χ1) is 8.63. The number of nitrogens with zero attached hydrogens (tertiary/aromatic N) is 1. The molecule has 0 aliphatic rings. The number of hydrogen-bond acceptors (Lipinski definition) is 5. The molecule has 0 fully saturated rings. The van der Waals surface area contributed by atoms with Crippen LogP contribution in [0.5, 0.6) is 5.75 Å². The van der Waals surface area contributed by atoms with Gasteiger partial charge in [0.2, 0.25) is 6.41 Å². The minimum Gasteiger partial charge on any atom is -0.495 e. The summed E-state index contributed by atoms with van der Waals surface area (Å²) < 4.78 is 9.88. The van der Waals surface area contributed by atoms with Gasteiger partial charge in [-0.25, -0.2) is 9.78 Å². The highest BCUT2D eigenvalue weighted by Crippen LogP contribution is 2.28. The highest BCUT2D eigenvalue weighted by atomic mass is 35.5. The lowest BCUT2D eigenvalue weighted by Gasteiger charge is -2.10. The second kappa shape index (κ2) is 6.80. The molecule has 0 radical (unpaired) electrons. The molecule has 18 heavy (non-hydrogen) atoms. The molecule has 0 aromatic carbocycles. The van der Waals surface area contributed by atoms with Gasteiger partial charge in [0, 0.05) is 6.07 Å². The molecule has 0 spiro atoms. The van der Waals surface area contributed by atoms with E-state index in [2.05, 4.69) is 10.3 Å². The van der Waals surface area contributed by atoms with Gasteiger partial charge in [-0.2, -0.15) is 0 Å². The van der Waals surface area contributed by atoms with Crippen LogP contribution in [-0.4, -0.2) is 31.1 Å². The van der Waals surface area contributed by atoms with Gasteiger partial charge in [-0.1, -0.05) is 11.6 Å². The summed E-state index contributed by atoms with van der Waals surface area (Å²) in [6, 6.07) is 1.39. The molecule has 0 atom stereocenters. The van der Waals surface area contributed by atoms with Gasteiger partial charge in [0.25, 0.3) is 0 Å². The molecule has 0 saturated heterocycles. The van der Waals surface area contributed by atoms with Crippen molar-refractivity contribution in [3.05, 3.63) is 22.5 Å². The molecule has 1 aromatic heterocycles. The van der Waals surface area contributed by atoms with Gasteiger partial charge < -0.3 is 14.8 Å². The second-order valence-corrected chi connectivity index (χ2v) is 3.57. The van der Waals surface area contributed by atoms with Crippen molar-refractivity contribution in [1.82, 2.24) is 10.3 Å². The van der Waals surface area contributed by atoms with E-state index in [1.807, 2.05) is 0 Å². The van der Waals surface area contributed by atoms with Crippen LogP contribution in [0, 0.1) is 0 Å². The molecule has 0 unspecified atom stereocenters. The standard InChI is InChI=1S/C11H13ClN2O4/c1-3-18-11(16)7-4-9(17-2)10(12)8(14-7)5-13-6-15/h4,6H,3,5H2,1-2H3,(H,13,15). The summed E-state index contributed by atoms with van der Waals surface area (Å²) in [4.78, 5) is 25.9. The molecule has 0 bridgehead atoms. The van der Waals surface area contributed by atoms with Crippen LogP contribution >= 0.6 is 11.6 Å². The van der Waals surface area contributed by atoms with E-state index in [1.54, 1.807) is 6.92 Å². The zero-order valence-electron chi connectivity index (χ0n) is 10.0. The van der Waals surface area contributed by atoms with E-state index in [9.17, 15) is 9.59 Å². The molecule has 0 aliphatic carbocycles. The van der Waals surface area contributed by atoms with Gasteiger partial charge in [-0.05, 0) is 6.92 Å². The molecule has 0 aliphatic heterocycles. The minimum atomic E-state index is -0.570. The first-order valence-corrected chi connectivity index (χ1v) is 5.59. The maximum absolute atomic E-state index is 11.6. The predicted octanol–water partition coefficient (Wildman–Crippen LogP) is 1.17. The SMILES string of the molecule is CCOC(=O)c1cc(OC)c(Cl)c(CNC=O)n1. The van der Waals surface area contributed by atoms with E-state index in [0.29, 0.717) is 17.9 Å². The Morgan fingerprint density at radius 2 is 2.33 bits per heavy atom. The fourth-order valence-corrected chi connectivity index (χ4v) is 1.51. The smallest absolute Gasteiger partial charge is 0.357 e. The molecule has 1 rings (SSSR count). The quantitative estimate of drug-likeness (QED) is 0.621. The Labute approximate surface area is 109 Å². The Morgan fingerprint density at radius 3 is 2.89 bits per heavy atom. The monoisotopic (exact) mass is 272 g/mol. The summed E-state index contributed by atoms with van der Waals surface area (Å²) in [6.07, 6.45) is 0.515. The number of carbonyl (C=O) groups is 2. The van der Waals surface area contributed by atoms with E-state index >= 15 is 0 Å². The van der Waals surface area contributed by atoms with E-state index in [1.165, 1.54) is 13.2 Å². The van der Waals surface area contributed by atoms with Crippen molar-refractivity contribution in [2.24, 2.45) is 0 Å². The van der Waals surface area contributed by atoms with Crippen LogP contribution in [0.2, 0.25) is 5.02 Å². The van der Waals surface area contributed by atoms with Crippen LogP contribution in [0.25, 0.3) is 0 Å². The van der Waals surface area contributed by atoms with Gasteiger partial charge >= 0.3 is 5.97 Å². The third-order valence-corrected chi connectivity index (χ3v) is 2.45. The zero-order valence-corrected chi connectivity index (χ0v) is 10.8. The van der Waals surface area contributed by atoms with E-state index in [0.717, 1.165) is 0 Å². The number of hydrogen-bond donors (Lipinski definition) is 1. The largest absolute Gasteiger partial charge is 0.495 e. The number of nitrogens with one attached hydrogen (secondary N) is 1. The number of methoxy groups -OCH3 is 1. The van der Waals surface area contributed by atoms with Crippen LogP contribution < -0.4 is 10.1 Å². The van der Waals surface area contributed by atoms with Crippen LogP contribution in [0.4, 0.5) is 0 Å². The molecule has 1 N–H and O–H groups in total. The Hall–Kier alpha value is -1.82. The number of pyridine rings is 1. The predicted molar refractivity (Wildman–Crippen MR) is 64.7 cm³/mol. The van der Waals surface area contributed by atoms with E-state index < -0.39 is 5.97 Å². The lowest BCUT2D eigenvalue weighted by molar-refractivity contribution is -0.109. The van der Waals surface area contributed by atoms with Gasteiger partial charge in [0.15, 0.2) is 5.69 Å². The van der Waals surface area contributed by atoms with Crippen LogP contribution in [0.1, 0.15) is 23.1 Å². The molecule has 98 valence electrons. The van der Waals surface area contributed by atoms with E-state index in [-0.39, 0.29) is 23.9 Å². The fraction of sp³-hybridized carbons (Fsp3) is 0.364. The summed E-state index contributed by atoms with van der Waals surface area (Å²) in [7, 11) is 1.42. The summed E-state index contributed by atoms with van der Waals surface area (Å²) in [5, 5.41) is 2.67. The average molecular weight is 273 g/mol. The fourth-order valence-electron chi connectivity index (χ4n) is 1.27. The zero-order chi connectivity index (χ0) is 13.5. The third-order valence-electron chi connectivity index (χ3n) is 2.05. The highest BCUT2D eigenvalue weighted by molar-refractivity contribution is 6.32. The van der Waals surface area contributed by atoms with Crippen LogP contribution in [-0.2, 0) is 16.1 Å². The number of rotatable bonds is 6. The lowest BCUT2D eigenvalue weighted by atomic mass is 10.2. The van der Waals surface area contributed by atoms with Crippen molar-refractivity contribution in [3.63, 3.8) is 0 Å². The maximum Gasteiger partial charge on any atom is 0.357 e. The van der Waals surface area contributed by atoms with Crippen LogP contribution in [0.3, 0.4) is 0 Å². The second-order valence-electron chi connectivity index (χ2n) is 3.19. The number of ether oxygens (including phenoxy) is 2. The number of halogens is 1. The normalized spacial score (nSPS) is 9.72. The average Bonchev–Trinajstić information content (AvgIpc) is 2.37. The Balaban J connectivity index is 3.12. The molecule has 1 aromatic rings. The first-order valence-electron chi connectivity index (χ1n) is 5.21. The number of aromatic nitrogens is 1. The molecule has 6 nitrogen and oxygen atoms in total. The summed E-state index contributed by atoms with van der Waals surface area (Å²) in [6.45, 7) is 2.04. The van der Waals surface area contributed by atoms with Crippen molar-refractivity contribution >= 4 is 24.0 Å². The van der Waals surface area contributed by atoms with Gasteiger partial charge in [0.1, 0.15) is 10.8 Å².